The zero-order valence-corrected chi connectivity index (χ0v) is 12.1. The summed E-state index contributed by atoms with van der Waals surface area (Å²) in [6, 6.07) is 7.42. The van der Waals surface area contributed by atoms with Gasteiger partial charge < -0.3 is 15.0 Å². The van der Waals surface area contributed by atoms with Gasteiger partial charge in [0.2, 0.25) is 0 Å². The van der Waals surface area contributed by atoms with Crippen LogP contribution in [-0.4, -0.2) is 27.1 Å². The molecule has 7 heteroatoms. The molecule has 0 aliphatic heterocycles. The van der Waals surface area contributed by atoms with Gasteiger partial charge in [-0.3, -0.25) is 0 Å². The maximum absolute atomic E-state index is 6.00. The van der Waals surface area contributed by atoms with E-state index in [1.54, 1.807) is 17.8 Å². The third-order valence-corrected chi connectivity index (χ3v) is 3.81. The van der Waals surface area contributed by atoms with Crippen molar-refractivity contribution in [3.05, 3.63) is 35.1 Å². The van der Waals surface area contributed by atoms with Gasteiger partial charge in [-0.15, -0.1) is 10.2 Å². The van der Waals surface area contributed by atoms with E-state index < -0.39 is 0 Å². The number of hydrogen-bond acceptors (Lipinski definition) is 5. The SMILES string of the molecule is Cn1c(CN)nnc1SCCOc1ccccc1Cl. The number of ether oxygens (including phenoxy) is 1. The van der Waals surface area contributed by atoms with Gasteiger partial charge in [-0.25, -0.2) is 0 Å². The van der Waals surface area contributed by atoms with Gasteiger partial charge in [-0.2, -0.15) is 0 Å². The average Bonchev–Trinajstić information content (AvgIpc) is 2.77. The first-order valence-corrected chi connectivity index (χ1v) is 7.17. The molecule has 2 rings (SSSR count). The molecule has 0 bridgehead atoms. The van der Waals surface area contributed by atoms with Crippen LogP contribution in [0.3, 0.4) is 0 Å². The maximum Gasteiger partial charge on any atom is 0.191 e. The number of benzene rings is 1. The minimum absolute atomic E-state index is 0.389. The van der Waals surface area contributed by atoms with Crippen LogP contribution in [0, 0.1) is 0 Å². The molecule has 0 atom stereocenters. The molecule has 0 radical (unpaired) electrons. The molecule has 5 nitrogen and oxygen atoms in total. The van der Waals surface area contributed by atoms with Crippen molar-refractivity contribution in [1.82, 2.24) is 14.8 Å². The number of aromatic nitrogens is 3. The van der Waals surface area contributed by atoms with Crippen molar-refractivity contribution in [3.8, 4) is 5.75 Å². The predicted molar refractivity (Wildman–Crippen MR) is 76.6 cm³/mol. The van der Waals surface area contributed by atoms with Crippen molar-refractivity contribution in [2.24, 2.45) is 12.8 Å². The summed E-state index contributed by atoms with van der Waals surface area (Å²) in [6.45, 7) is 0.944. The summed E-state index contributed by atoms with van der Waals surface area (Å²) in [5.41, 5.74) is 5.54. The highest BCUT2D eigenvalue weighted by Gasteiger charge is 2.07. The second-order valence-corrected chi connectivity index (χ2v) is 5.26. The lowest BCUT2D eigenvalue weighted by Gasteiger charge is -2.07. The van der Waals surface area contributed by atoms with Gasteiger partial charge in [0, 0.05) is 12.8 Å². The van der Waals surface area contributed by atoms with Gasteiger partial charge >= 0.3 is 0 Å². The summed E-state index contributed by atoms with van der Waals surface area (Å²) in [7, 11) is 1.90. The molecular formula is C12H15ClN4OS. The summed E-state index contributed by atoms with van der Waals surface area (Å²) in [5, 5.41) is 9.51. The number of thioether (sulfide) groups is 1. The molecule has 1 aromatic heterocycles. The lowest BCUT2D eigenvalue weighted by molar-refractivity contribution is 0.344. The van der Waals surface area contributed by atoms with Gasteiger partial charge in [0.05, 0.1) is 18.2 Å². The fourth-order valence-corrected chi connectivity index (χ4v) is 2.43. The minimum Gasteiger partial charge on any atom is -0.491 e. The fourth-order valence-electron chi connectivity index (χ4n) is 1.49. The Morgan fingerprint density at radius 1 is 1.37 bits per heavy atom. The van der Waals surface area contributed by atoms with E-state index in [0.29, 0.717) is 23.9 Å². The monoisotopic (exact) mass is 298 g/mol. The Hall–Kier alpha value is -1.24. The maximum atomic E-state index is 6.00. The molecule has 2 N–H and O–H groups in total. The topological polar surface area (TPSA) is 66.0 Å². The highest BCUT2D eigenvalue weighted by molar-refractivity contribution is 7.99. The first-order chi connectivity index (χ1) is 9.22. The fraction of sp³-hybridized carbons (Fsp3) is 0.333. The van der Waals surface area contributed by atoms with E-state index >= 15 is 0 Å². The Kier molecular flexibility index (Phi) is 5.07. The van der Waals surface area contributed by atoms with Crippen LogP contribution in [0.1, 0.15) is 5.82 Å². The first-order valence-electron chi connectivity index (χ1n) is 5.81. The quantitative estimate of drug-likeness (QED) is 0.653. The van der Waals surface area contributed by atoms with E-state index in [9.17, 15) is 0 Å². The lowest BCUT2D eigenvalue weighted by atomic mass is 10.3. The van der Waals surface area contributed by atoms with Crippen LogP contribution in [0.2, 0.25) is 5.02 Å². The van der Waals surface area contributed by atoms with Crippen LogP contribution < -0.4 is 10.5 Å². The average molecular weight is 299 g/mol. The van der Waals surface area contributed by atoms with Gasteiger partial charge in [0.15, 0.2) is 5.16 Å². The summed E-state index contributed by atoms with van der Waals surface area (Å²) < 4.78 is 7.49. The zero-order valence-electron chi connectivity index (χ0n) is 10.5. The van der Waals surface area contributed by atoms with E-state index in [4.69, 9.17) is 22.1 Å². The number of nitrogens with zero attached hydrogens (tertiary/aromatic N) is 3. The molecule has 0 spiro atoms. The van der Waals surface area contributed by atoms with Crippen molar-refractivity contribution in [1.29, 1.82) is 0 Å². The van der Waals surface area contributed by atoms with Crippen molar-refractivity contribution in [2.45, 2.75) is 11.7 Å². The highest BCUT2D eigenvalue weighted by atomic mass is 35.5. The molecule has 0 aliphatic carbocycles. The predicted octanol–water partition coefficient (Wildman–Crippen LogP) is 2.10. The van der Waals surface area contributed by atoms with E-state index in [1.807, 2.05) is 29.8 Å². The zero-order chi connectivity index (χ0) is 13.7. The second-order valence-electron chi connectivity index (χ2n) is 3.79. The molecular weight excluding hydrogens is 284 g/mol. The number of para-hydroxylation sites is 1. The van der Waals surface area contributed by atoms with Crippen LogP contribution in [-0.2, 0) is 13.6 Å². The van der Waals surface area contributed by atoms with Crippen molar-refractivity contribution in [2.75, 3.05) is 12.4 Å². The van der Waals surface area contributed by atoms with Crippen LogP contribution in [0.4, 0.5) is 0 Å². The molecule has 19 heavy (non-hydrogen) atoms. The standard InChI is InChI=1S/C12H15ClN4OS/c1-17-11(8-14)15-16-12(17)19-7-6-18-10-5-3-2-4-9(10)13/h2-5H,6-8,14H2,1H3. The number of halogens is 1. The van der Waals surface area contributed by atoms with E-state index in [1.165, 1.54) is 0 Å². The van der Waals surface area contributed by atoms with E-state index in [-0.39, 0.29) is 0 Å². The Labute approximate surface area is 121 Å². The van der Waals surface area contributed by atoms with Gasteiger partial charge in [0.25, 0.3) is 0 Å². The van der Waals surface area contributed by atoms with E-state index in [0.717, 1.165) is 16.7 Å². The van der Waals surface area contributed by atoms with Gasteiger partial charge in [-0.05, 0) is 12.1 Å². The van der Waals surface area contributed by atoms with Gasteiger partial charge in [0.1, 0.15) is 11.6 Å². The molecule has 0 saturated carbocycles. The van der Waals surface area contributed by atoms with Crippen LogP contribution in [0.25, 0.3) is 0 Å². The smallest absolute Gasteiger partial charge is 0.191 e. The molecule has 0 aliphatic rings. The Bertz CT molecular complexity index is 546. The Morgan fingerprint density at radius 3 is 2.84 bits per heavy atom. The molecule has 2 aromatic rings. The van der Waals surface area contributed by atoms with Gasteiger partial charge in [-0.1, -0.05) is 35.5 Å². The Morgan fingerprint density at radius 2 is 2.16 bits per heavy atom. The van der Waals surface area contributed by atoms with Crippen LogP contribution in [0.5, 0.6) is 5.75 Å². The number of nitrogens with two attached hydrogens (primary N) is 1. The number of hydrogen-bond donors (Lipinski definition) is 1. The molecule has 1 heterocycles. The molecule has 1 aromatic carbocycles. The summed E-state index contributed by atoms with van der Waals surface area (Å²) in [4.78, 5) is 0. The first kappa shape index (κ1) is 14.2. The molecule has 0 unspecified atom stereocenters. The summed E-state index contributed by atoms with van der Waals surface area (Å²) in [5.74, 6) is 2.24. The normalized spacial score (nSPS) is 10.7. The molecule has 0 fully saturated rings. The third-order valence-electron chi connectivity index (χ3n) is 2.52. The second kappa shape index (κ2) is 6.79. The van der Waals surface area contributed by atoms with Crippen LogP contribution in [0.15, 0.2) is 29.4 Å². The molecule has 102 valence electrons. The van der Waals surface area contributed by atoms with Crippen molar-refractivity contribution < 1.29 is 4.74 Å². The Balaban J connectivity index is 1.81. The van der Waals surface area contributed by atoms with E-state index in [2.05, 4.69) is 10.2 Å². The summed E-state index contributed by atoms with van der Waals surface area (Å²) in [6.07, 6.45) is 0. The summed E-state index contributed by atoms with van der Waals surface area (Å²) >= 11 is 7.57. The van der Waals surface area contributed by atoms with Crippen molar-refractivity contribution >= 4 is 23.4 Å². The van der Waals surface area contributed by atoms with Crippen LogP contribution >= 0.6 is 23.4 Å². The molecule has 0 saturated heterocycles. The highest BCUT2D eigenvalue weighted by Crippen LogP contribution is 2.23. The minimum atomic E-state index is 0.389. The number of rotatable bonds is 6. The third kappa shape index (κ3) is 3.62. The molecule has 0 amide bonds. The van der Waals surface area contributed by atoms with Crippen molar-refractivity contribution in [3.63, 3.8) is 0 Å². The largest absolute Gasteiger partial charge is 0.491 e. The lowest BCUT2D eigenvalue weighted by Crippen LogP contribution is -2.06.